The molecule has 0 aliphatic rings. The van der Waals surface area contributed by atoms with Gasteiger partial charge in [0.1, 0.15) is 6.04 Å². The van der Waals surface area contributed by atoms with Gasteiger partial charge in [0.05, 0.1) is 6.42 Å². The van der Waals surface area contributed by atoms with Gasteiger partial charge in [-0.05, 0) is 37.1 Å². The fourth-order valence-electron chi connectivity index (χ4n) is 1.38. The molecule has 5 heteroatoms. The largest absolute Gasteiger partial charge is 0.480 e. The maximum absolute atomic E-state index is 11.6. The summed E-state index contributed by atoms with van der Waals surface area (Å²) in [6, 6.07) is 4.77. The number of aliphatic carboxylic acids is 1. The van der Waals surface area contributed by atoms with Crippen molar-refractivity contribution in [3.63, 3.8) is 0 Å². The summed E-state index contributed by atoms with van der Waals surface area (Å²) in [5, 5.41) is 11.1. The Morgan fingerprint density at radius 2 is 2.12 bits per heavy atom. The van der Waals surface area contributed by atoms with Gasteiger partial charge in [0, 0.05) is 4.47 Å². The first-order chi connectivity index (χ1) is 7.90. The average molecular weight is 300 g/mol. The smallest absolute Gasteiger partial charge is 0.325 e. The number of carboxylic acid groups (broad SMARTS) is 1. The van der Waals surface area contributed by atoms with E-state index < -0.39 is 12.0 Å². The molecule has 0 fully saturated rings. The molecule has 1 aromatic rings. The fourth-order valence-corrected chi connectivity index (χ4v) is 1.86. The number of hydrogen-bond donors (Lipinski definition) is 2. The minimum absolute atomic E-state index is 0.191. The second-order valence-corrected chi connectivity index (χ2v) is 4.79. The number of hydrogen-bond acceptors (Lipinski definition) is 2. The third-order valence-corrected chi connectivity index (χ3v) is 2.90. The van der Waals surface area contributed by atoms with Crippen molar-refractivity contribution in [2.45, 2.75) is 26.3 Å². The van der Waals surface area contributed by atoms with Crippen molar-refractivity contribution in [3.8, 4) is 0 Å². The van der Waals surface area contributed by atoms with Crippen LogP contribution in [0.15, 0.2) is 22.7 Å². The zero-order valence-corrected chi connectivity index (χ0v) is 11.2. The number of rotatable bonds is 4. The van der Waals surface area contributed by atoms with Gasteiger partial charge in [-0.1, -0.05) is 22.0 Å². The van der Waals surface area contributed by atoms with Crippen molar-refractivity contribution < 1.29 is 14.7 Å². The number of carbonyl (C=O) groups is 2. The van der Waals surface area contributed by atoms with E-state index in [0.29, 0.717) is 0 Å². The highest BCUT2D eigenvalue weighted by atomic mass is 79.9. The lowest BCUT2D eigenvalue weighted by Crippen LogP contribution is -2.39. The standard InChI is InChI=1S/C12H14BrNO3/c1-7-5-10(13)4-3-9(7)6-11(15)14-8(2)12(16)17/h3-5,8H,6H2,1-2H3,(H,14,15)(H,16,17)/t8-/m0/s1. The number of halogens is 1. The molecule has 0 aromatic heterocycles. The van der Waals surface area contributed by atoms with E-state index in [0.717, 1.165) is 15.6 Å². The van der Waals surface area contributed by atoms with E-state index in [1.54, 1.807) is 0 Å². The van der Waals surface area contributed by atoms with Gasteiger partial charge in [0.2, 0.25) is 5.91 Å². The number of nitrogens with one attached hydrogen (secondary N) is 1. The van der Waals surface area contributed by atoms with Gasteiger partial charge < -0.3 is 10.4 Å². The fraction of sp³-hybridized carbons (Fsp3) is 0.333. The van der Waals surface area contributed by atoms with Crippen molar-refractivity contribution in [3.05, 3.63) is 33.8 Å². The molecule has 0 bridgehead atoms. The third kappa shape index (κ3) is 4.19. The van der Waals surface area contributed by atoms with E-state index in [2.05, 4.69) is 21.2 Å². The minimum Gasteiger partial charge on any atom is -0.480 e. The van der Waals surface area contributed by atoms with Crippen LogP contribution in [0, 0.1) is 6.92 Å². The Morgan fingerprint density at radius 3 is 2.65 bits per heavy atom. The summed E-state index contributed by atoms with van der Waals surface area (Å²) in [4.78, 5) is 22.2. The summed E-state index contributed by atoms with van der Waals surface area (Å²) in [7, 11) is 0. The second-order valence-electron chi connectivity index (χ2n) is 3.88. The first-order valence-electron chi connectivity index (χ1n) is 5.17. The Balaban J connectivity index is 2.65. The molecule has 1 aromatic carbocycles. The van der Waals surface area contributed by atoms with Crippen LogP contribution in [0.4, 0.5) is 0 Å². The van der Waals surface area contributed by atoms with Gasteiger partial charge in [-0.15, -0.1) is 0 Å². The molecule has 17 heavy (non-hydrogen) atoms. The van der Waals surface area contributed by atoms with E-state index >= 15 is 0 Å². The van der Waals surface area contributed by atoms with Crippen LogP contribution in [0.1, 0.15) is 18.1 Å². The highest BCUT2D eigenvalue weighted by molar-refractivity contribution is 9.10. The Morgan fingerprint density at radius 1 is 1.47 bits per heavy atom. The lowest BCUT2D eigenvalue weighted by Gasteiger charge is -2.10. The number of carboxylic acids is 1. The zero-order chi connectivity index (χ0) is 13.0. The molecule has 4 nitrogen and oxygen atoms in total. The molecule has 0 spiro atoms. The average Bonchev–Trinajstić information content (AvgIpc) is 2.22. The van der Waals surface area contributed by atoms with Gasteiger partial charge in [0.15, 0.2) is 0 Å². The Labute approximate surface area is 108 Å². The van der Waals surface area contributed by atoms with Crippen LogP contribution in [-0.4, -0.2) is 23.0 Å². The van der Waals surface area contributed by atoms with Crippen molar-refractivity contribution in [1.29, 1.82) is 0 Å². The molecular formula is C12H14BrNO3. The molecule has 1 amide bonds. The summed E-state index contributed by atoms with van der Waals surface area (Å²) in [6.07, 6.45) is 0.191. The number of aryl methyl sites for hydroxylation is 1. The van der Waals surface area contributed by atoms with Crippen molar-refractivity contribution in [2.24, 2.45) is 0 Å². The SMILES string of the molecule is Cc1cc(Br)ccc1CC(=O)N[C@@H](C)C(=O)O. The van der Waals surface area contributed by atoms with Gasteiger partial charge >= 0.3 is 5.97 Å². The van der Waals surface area contributed by atoms with Crippen LogP contribution in [0.3, 0.4) is 0 Å². The normalized spacial score (nSPS) is 11.9. The van der Waals surface area contributed by atoms with Crippen LogP contribution in [0.5, 0.6) is 0 Å². The van der Waals surface area contributed by atoms with Crippen molar-refractivity contribution in [1.82, 2.24) is 5.32 Å². The summed E-state index contributed by atoms with van der Waals surface area (Å²) in [5.74, 6) is -1.32. The van der Waals surface area contributed by atoms with Crippen LogP contribution in [-0.2, 0) is 16.0 Å². The highest BCUT2D eigenvalue weighted by Gasteiger charge is 2.14. The maximum Gasteiger partial charge on any atom is 0.325 e. The predicted octanol–water partition coefficient (Wildman–Crippen LogP) is 1.89. The van der Waals surface area contributed by atoms with Gasteiger partial charge in [0.25, 0.3) is 0 Å². The molecule has 0 aliphatic heterocycles. The molecule has 0 saturated carbocycles. The van der Waals surface area contributed by atoms with Crippen LogP contribution in [0.25, 0.3) is 0 Å². The molecular weight excluding hydrogens is 286 g/mol. The summed E-state index contributed by atoms with van der Waals surface area (Å²) < 4.78 is 0.957. The second kappa shape index (κ2) is 5.82. The summed E-state index contributed by atoms with van der Waals surface area (Å²) in [6.45, 7) is 3.35. The van der Waals surface area contributed by atoms with Crippen molar-refractivity contribution in [2.75, 3.05) is 0 Å². The molecule has 0 heterocycles. The summed E-state index contributed by atoms with van der Waals surface area (Å²) >= 11 is 3.34. The molecule has 0 aliphatic carbocycles. The van der Waals surface area contributed by atoms with E-state index in [9.17, 15) is 9.59 Å². The van der Waals surface area contributed by atoms with E-state index in [4.69, 9.17) is 5.11 Å². The lowest BCUT2D eigenvalue weighted by atomic mass is 10.1. The van der Waals surface area contributed by atoms with Crippen LogP contribution >= 0.6 is 15.9 Å². The lowest BCUT2D eigenvalue weighted by molar-refractivity contribution is -0.141. The van der Waals surface area contributed by atoms with E-state index in [1.165, 1.54) is 6.92 Å². The molecule has 1 rings (SSSR count). The Hall–Kier alpha value is -1.36. The number of carbonyl (C=O) groups excluding carboxylic acids is 1. The molecule has 1 atom stereocenters. The first kappa shape index (κ1) is 13.7. The quantitative estimate of drug-likeness (QED) is 0.892. The Kier molecular flexibility index (Phi) is 4.69. The molecule has 2 N–H and O–H groups in total. The van der Waals surface area contributed by atoms with Crippen LogP contribution < -0.4 is 5.32 Å². The Bertz CT molecular complexity index is 445. The number of benzene rings is 1. The van der Waals surface area contributed by atoms with E-state index in [-0.39, 0.29) is 12.3 Å². The monoisotopic (exact) mass is 299 g/mol. The molecule has 0 saturated heterocycles. The number of amides is 1. The molecule has 0 unspecified atom stereocenters. The predicted molar refractivity (Wildman–Crippen MR) is 67.8 cm³/mol. The molecule has 0 radical (unpaired) electrons. The topological polar surface area (TPSA) is 66.4 Å². The first-order valence-corrected chi connectivity index (χ1v) is 5.96. The molecule has 92 valence electrons. The zero-order valence-electron chi connectivity index (χ0n) is 9.66. The summed E-state index contributed by atoms with van der Waals surface area (Å²) in [5.41, 5.74) is 1.89. The highest BCUT2D eigenvalue weighted by Crippen LogP contribution is 2.16. The van der Waals surface area contributed by atoms with Gasteiger partial charge in [-0.25, -0.2) is 0 Å². The van der Waals surface area contributed by atoms with Gasteiger partial charge in [-0.3, -0.25) is 9.59 Å². The minimum atomic E-state index is -1.04. The van der Waals surface area contributed by atoms with Gasteiger partial charge in [-0.2, -0.15) is 0 Å². The third-order valence-electron chi connectivity index (χ3n) is 2.40. The van der Waals surface area contributed by atoms with Crippen molar-refractivity contribution >= 4 is 27.8 Å². The van der Waals surface area contributed by atoms with Crippen LogP contribution in [0.2, 0.25) is 0 Å². The van der Waals surface area contributed by atoms with E-state index in [1.807, 2.05) is 25.1 Å². The maximum atomic E-state index is 11.6.